The number of hydrogen-bond acceptors (Lipinski definition) is 3. The van der Waals surface area contributed by atoms with Gasteiger partial charge in [-0.05, 0) is 32.0 Å². The lowest BCUT2D eigenvalue weighted by molar-refractivity contribution is 0.372. The summed E-state index contributed by atoms with van der Waals surface area (Å²) in [7, 11) is -3.54. The number of imidazole rings is 1. The third-order valence-electron chi connectivity index (χ3n) is 3.90. The van der Waals surface area contributed by atoms with Gasteiger partial charge in [-0.1, -0.05) is 17.7 Å². The number of sulfonamides is 1. The summed E-state index contributed by atoms with van der Waals surface area (Å²) in [5.41, 5.74) is 1.97. The molecule has 1 aliphatic heterocycles. The molecule has 0 saturated carbocycles. The van der Waals surface area contributed by atoms with Gasteiger partial charge in [-0.3, -0.25) is 0 Å². The molecule has 0 spiro atoms. The maximum atomic E-state index is 12.8. The van der Waals surface area contributed by atoms with Crippen molar-refractivity contribution in [3.63, 3.8) is 0 Å². The molecule has 7 heteroatoms. The molecule has 0 saturated heterocycles. The molecule has 0 N–H and O–H groups in total. The lowest BCUT2D eigenvalue weighted by atomic mass is 10.2. The summed E-state index contributed by atoms with van der Waals surface area (Å²) in [5, 5.41) is 0.422. The molecule has 3 rings (SSSR count). The van der Waals surface area contributed by atoms with Gasteiger partial charge in [0.25, 0.3) is 0 Å². The molecule has 0 aliphatic carbocycles. The van der Waals surface area contributed by atoms with Gasteiger partial charge < -0.3 is 4.57 Å². The van der Waals surface area contributed by atoms with Crippen LogP contribution in [0.2, 0.25) is 5.02 Å². The maximum Gasteiger partial charge on any atom is 0.243 e. The van der Waals surface area contributed by atoms with E-state index in [-0.39, 0.29) is 10.9 Å². The van der Waals surface area contributed by atoms with E-state index >= 15 is 0 Å². The van der Waals surface area contributed by atoms with Crippen LogP contribution in [0, 0.1) is 0 Å². The van der Waals surface area contributed by atoms with Crippen LogP contribution >= 0.6 is 11.6 Å². The van der Waals surface area contributed by atoms with Crippen molar-refractivity contribution in [1.82, 2.24) is 13.9 Å². The second kappa shape index (κ2) is 5.68. The minimum absolute atomic E-state index is 0.235. The van der Waals surface area contributed by atoms with Crippen LogP contribution in [0.4, 0.5) is 0 Å². The zero-order valence-corrected chi connectivity index (χ0v) is 14.1. The van der Waals surface area contributed by atoms with Gasteiger partial charge in [-0.25, -0.2) is 13.4 Å². The first kappa shape index (κ1) is 15.5. The Labute approximate surface area is 135 Å². The average molecular weight is 340 g/mol. The SMILES string of the molecule is CC(C)n1cnc2c1CN(S(=O)(=O)c1cccc(Cl)c1)CC2. The quantitative estimate of drug-likeness (QED) is 0.864. The van der Waals surface area contributed by atoms with E-state index in [1.165, 1.54) is 10.4 Å². The maximum absolute atomic E-state index is 12.8. The highest BCUT2D eigenvalue weighted by Crippen LogP contribution is 2.27. The molecule has 0 radical (unpaired) electrons. The number of benzene rings is 1. The van der Waals surface area contributed by atoms with E-state index in [4.69, 9.17) is 11.6 Å². The van der Waals surface area contributed by atoms with Crippen molar-refractivity contribution in [2.24, 2.45) is 0 Å². The fourth-order valence-electron chi connectivity index (χ4n) is 2.71. The molecule has 2 aromatic rings. The van der Waals surface area contributed by atoms with Crippen molar-refractivity contribution in [3.8, 4) is 0 Å². The van der Waals surface area contributed by atoms with Crippen LogP contribution in [-0.2, 0) is 23.0 Å². The Balaban J connectivity index is 1.95. The third kappa shape index (κ3) is 2.66. The molecule has 0 unspecified atom stereocenters. The highest BCUT2D eigenvalue weighted by atomic mass is 35.5. The molecule has 1 aromatic carbocycles. The van der Waals surface area contributed by atoms with Gasteiger partial charge in [0.05, 0.1) is 29.2 Å². The number of fused-ring (bicyclic) bond motifs is 1. The molecule has 0 bridgehead atoms. The minimum atomic E-state index is -3.54. The Kier molecular flexibility index (Phi) is 4.01. The first-order chi connectivity index (χ1) is 10.4. The van der Waals surface area contributed by atoms with Crippen LogP contribution in [0.3, 0.4) is 0 Å². The van der Waals surface area contributed by atoms with Crippen LogP contribution in [0.1, 0.15) is 31.3 Å². The summed E-state index contributed by atoms with van der Waals surface area (Å²) in [6.07, 6.45) is 2.43. The fraction of sp³-hybridized carbons (Fsp3) is 0.400. The molecule has 1 aliphatic rings. The van der Waals surface area contributed by atoms with Gasteiger partial charge in [0.15, 0.2) is 0 Å². The lowest BCUT2D eigenvalue weighted by Crippen LogP contribution is -2.36. The summed E-state index contributed by atoms with van der Waals surface area (Å²) in [6.45, 7) is 4.91. The Morgan fingerprint density at radius 2 is 2.09 bits per heavy atom. The van der Waals surface area contributed by atoms with Crippen LogP contribution < -0.4 is 0 Å². The number of hydrogen-bond donors (Lipinski definition) is 0. The molecular formula is C15H18ClN3O2S. The molecule has 0 atom stereocenters. The zero-order chi connectivity index (χ0) is 15.9. The number of nitrogens with zero attached hydrogens (tertiary/aromatic N) is 3. The van der Waals surface area contributed by atoms with Gasteiger partial charge in [-0.2, -0.15) is 4.31 Å². The van der Waals surface area contributed by atoms with E-state index in [0.717, 1.165) is 11.4 Å². The minimum Gasteiger partial charge on any atom is -0.331 e. The smallest absolute Gasteiger partial charge is 0.243 e. The van der Waals surface area contributed by atoms with E-state index in [1.807, 2.05) is 4.57 Å². The predicted molar refractivity (Wildman–Crippen MR) is 85.4 cm³/mol. The molecule has 118 valence electrons. The van der Waals surface area contributed by atoms with Gasteiger partial charge in [0.1, 0.15) is 0 Å². The number of rotatable bonds is 3. The van der Waals surface area contributed by atoms with Crippen molar-refractivity contribution < 1.29 is 8.42 Å². The van der Waals surface area contributed by atoms with E-state index in [1.54, 1.807) is 24.5 Å². The molecule has 0 amide bonds. The van der Waals surface area contributed by atoms with Crippen LogP contribution in [0.5, 0.6) is 0 Å². The molecule has 0 fully saturated rings. The van der Waals surface area contributed by atoms with Crippen molar-refractivity contribution in [1.29, 1.82) is 0 Å². The number of aromatic nitrogens is 2. The van der Waals surface area contributed by atoms with Crippen LogP contribution in [-0.4, -0.2) is 28.8 Å². The second-order valence-electron chi connectivity index (χ2n) is 5.68. The van der Waals surface area contributed by atoms with Gasteiger partial charge in [0, 0.05) is 24.0 Å². The molecular weight excluding hydrogens is 322 g/mol. The Morgan fingerprint density at radius 3 is 2.77 bits per heavy atom. The molecule has 5 nitrogen and oxygen atoms in total. The molecule has 2 heterocycles. The Bertz CT molecular complexity index is 799. The van der Waals surface area contributed by atoms with Crippen molar-refractivity contribution in [2.45, 2.75) is 37.8 Å². The first-order valence-electron chi connectivity index (χ1n) is 7.20. The van der Waals surface area contributed by atoms with Crippen molar-refractivity contribution >= 4 is 21.6 Å². The highest BCUT2D eigenvalue weighted by molar-refractivity contribution is 7.89. The largest absolute Gasteiger partial charge is 0.331 e. The highest BCUT2D eigenvalue weighted by Gasteiger charge is 2.31. The normalized spacial score (nSPS) is 16.0. The summed E-state index contributed by atoms with van der Waals surface area (Å²) < 4.78 is 29.1. The standard InChI is InChI=1S/C15H18ClN3O2S/c1-11(2)19-10-17-14-6-7-18(9-15(14)19)22(20,21)13-5-3-4-12(16)8-13/h3-5,8,10-11H,6-7,9H2,1-2H3. The fourth-order valence-corrected chi connectivity index (χ4v) is 4.41. The van der Waals surface area contributed by atoms with E-state index in [9.17, 15) is 8.42 Å². The third-order valence-corrected chi connectivity index (χ3v) is 5.97. The van der Waals surface area contributed by atoms with Crippen molar-refractivity contribution in [3.05, 3.63) is 47.0 Å². The van der Waals surface area contributed by atoms with E-state index < -0.39 is 10.0 Å². The second-order valence-corrected chi connectivity index (χ2v) is 8.06. The summed E-state index contributed by atoms with van der Waals surface area (Å²) in [5.74, 6) is 0. The van der Waals surface area contributed by atoms with Gasteiger partial charge in [0.2, 0.25) is 10.0 Å². The molecule has 1 aromatic heterocycles. The van der Waals surface area contributed by atoms with E-state index in [2.05, 4.69) is 18.8 Å². The van der Waals surface area contributed by atoms with Gasteiger partial charge in [-0.15, -0.1) is 0 Å². The Hall–Kier alpha value is -1.37. The van der Waals surface area contributed by atoms with E-state index in [0.29, 0.717) is 24.5 Å². The lowest BCUT2D eigenvalue weighted by Gasteiger charge is -2.27. The molecule has 22 heavy (non-hydrogen) atoms. The Morgan fingerprint density at radius 1 is 1.32 bits per heavy atom. The van der Waals surface area contributed by atoms with Crippen LogP contribution in [0.15, 0.2) is 35.5 Å². The predicted octanol–water partition coefficient (Wildman–Crippen LogP) is 2.86. The summed E-state index contributed by atoms with van der Waals surface area (Å²) >= 11 is 5.92. The summed E-state index contributed by atoms with van der Waals surface area (Å²) in [4.78, 5) is 4.64. The van der Waals surface area contributed by atoms with Gasteiger partial charge >= 0.3 is 0 Å². The summed E-state index contributed by atoms with van der Waals surface area (Å²) in [6, 6.07) is 6.65. The zero-order valence-electron chi connectivity index (χ0n) is 12.5. The van der Waals surface area contributed by atoms with Crippen molar-refractivity contribution in [2.75, 3.05) is 6.54 Å². The van der Waals surface area contributed by atoms with Crippen LogP contribution in [0.25, 0.3) is 0 Å². The first-order valence-corrected chi connectivity index (χ1v) is 9.01. The average Bonchev–Trinajstić information content (AvgIpc) is 2.90. The monoisotopic (exact) mass is 339 g/mol. The topological polar surface area (TPSA) is 55.2 Å². The number of halogens is 1.